The summed E-state index contributed by atoms with van der Waals surface area (Å²) in [4.78, 5) is 40.6. The third kappa shape index (κ3) is 3.31. The number of alkyl halides is 3. The standard InChI is InChI=1S/C18H13F3N4O3/c19-18(20,21)12-8-4-5-10(9-12)13(22)25-17(11-6-2-1-3-7-11)14(26)23-16(28)24-15(17)27/h1-9H,(H2,22,25)(H2,23,24,26,27,28). The van der Waals surface area contributed by atoms with Crippen molar-refractivity contribution >= 4 is 23.7 Å². The highest BCUT2D eigenvalue weighted by Crippen LogP contribution is 2.31. The molecule has 0 aromatic heterocycles. The second-order valence-corrected chi connectivity index (χ2v) is 5.89. The zero-order valence-electron chi connectivity index (χ0n) is 14.1. The van der Waals surface area contributed by atoms with E-state index in [2.05, 4.69) is 4.99 Å². The van der Waals surface area contributed by atoms with Crippen LogP contribution in [0.5, 0.6) is 0 Å². The molecule has 0 unspecified atom stereocenters. The fraction of sp³-hybridized carbons (Fsp3) is 0.111. The molecule has 0 atom stereocenters. The number of urea groups is 1. The normalized spacial score (nSPS) is 17.1. The molecule has 0 aliphatic carbocycles. The molecule has 3 rings (SSSR count). The predicted molar refractivity (Wildman–Crippen MR) is 92.0 cm³/mol. The van der Waals surface area contributed by atoms with E-state index in [4.69, 9.17) is 5.73 Å². The topological polar surface area (TPSA) is 114 Å². The number of carbonyl (C=O) groups excluding carboxylic acids is 3. The van der Waals surface area contributed by atoms with Gasteiger partial charge in [0.05, 0.1) is 5.56 Å². The lowest BCUT2D eigenvalue weighted by molar-refractivity contribution is -0.139. The van der Waals surface area contributed by atoms with Crippen LogP contribution < -0.4 is 16.4 Å². The van der Waals surface area contributed by atoms with Crippen LogP contribution in [0.4, 0.5) is 18.0 Å². The van der Waals surface area contributed by atoms with Gasteiger partial charge in [0, 0.05) is 5.56 Å². The summed E-state index contributed by atoms with van der Waals surface area (Å²) in [5.74, 6) is -2.61. The minimum Gasteiger partial charge on any atom is -0.383 e. The Morgan fingerprint density at radius 1 is 0.929 bits per heavy atom. The maximum atomic E-state index is 13.0. The first-order valence-corrected chi connectivity index (χ1v) is 7.90. The van der Waals surface area contributed by atoms with Crippen molar-refractivity contribution in [3.05, 3.63) is 71.3 Å². The van der Waals surface area contributed by atoms with Gasteiger partial charge < -0.3 is 5.73 Å². The molecule has 1 aliphatic heterocycles. The molecule has 1 saturated heterocycles. The Morgan fingerprint density at radius 3 is 2.11 bits per heavy atom. The van der Waals surface area contributed by atoms with Crippen LogP contribution in [0, 0.1) is 0 Å². The number of hydrogen-bond acceptors (Lipinski definition) is 4. The quantitative estimate of drug-likeness (QED) is 0.420. The Hall–Kier alpha value is -3.69. The molecule has 0 radical (unpaired) electrons. The monoisotopic (exact) mass is 390 g/mol. The number of rotatable bonds is 3. The number of nitrogens with one attached hydrogen (secondary N) is 2. The van der Waals surface area contributed by atoms with Crippen LogP contribution in [-0.2, 0) is 21.3 Å². The Morgan fingerprint density at radius 2 is 1.54 bits per heavy atom. The largest absolute Gasteiger partial charge is 0.416 e. The third-order valence-corrected chi connectivity index (χ3v) is 4.08. The van der Waals surface area contributed by atoms with Crippen LogP contribution in [0.25, 0.3) is 0 Å². The molecule has 144 valence electrons. The van der Waals surface area contributed by atoms with Gasteiger partial charge in [0.25, 0.3) is 11.8 Å². The Labute approximate surface area is 156 Å². The van der Waals surface area contributed by atoms with E-state index in [1.54, 1.807) is 6.07 Å². The van der Waals surface area contributed by atoms with Crippen molar-refractivity contribution in [2.45, 2.75) is 11.7 Å². The van der Waals surface area contributed by atoms with Crippen LogP contribution in [0.3, 0.4) is 0 Å². The molecule has 2 aromatic carbocycles. The van der Waals surface area contributed by atoms with E-state index in [1.807, 2.05) is 10.6 Å². The maximum absolute atomic E-state index is 13.0. The SMILES string of the molecule is NC(=NC1(c2ccccc2)C(=O)NC(=O)NC1=O)c1cccc(C(F)(F)F)c1. The highest BCUT2D eigenvalue weighted by molar-refractivity contribution is 6.23. The number of amides is 4. The second-order valence-electron chi connectivity index (χ2n) is 5.89. The number of nitrogens with two attached hydrogens (primary N) is 1. The van der Waals surface area contributed by atoms with Crippen molar-refractivity contribution in [2.75, 3.05) is 0 Å². The van der Waals surface area contributed by atoms with Gasteiger partial charge in [0.15, 0.2) is 0 Å². The van der Waals surface area contributed by atoms with Gasteiger partial charge in [-0.2, -0.15) is 13.2 Å². The molecular formula is C18H13F3N4O3. The Balaban J connectivity index is 2.17. The lowest BCUT2D eigenvalue weighted by atomic mass is 9.87. The van der Waals surface area contributed by atoms with Gasteiger partial charge >= 0.3 is 12.2 Å². The van der Waals surface area contributed by atoms with Gasteiger partial charge in [-0.25, -0.2) is 9.79 Å². The summed E-state index contributed by atoms with van der Waals surface area (Å²) in [6, 6.07) is 10.5. The average molecular weight is 390 g/mol. The van der Waals surface area contributed by atoms with E-state index in [-0.39, 0.29) is 11.1 Å². The highest BCUT2D eigenvalue weighted by atomic mass is 19.4. The number of benzene rings is 2. The zero-order chi connectivity index (χ0) is 20.5. The Bertz CT molecular complexity index is 967. The summed E-state index contributed by atoms with van der Waals surface area (Å²) < 4.78 is 38.9. The van der Waals surface area contributed by atoms with E-state index < -0.39 is 41.0 Å². The van der Waals surface area contributed by atoms with Crippen molar-refractivity contribution < 1.29 is 27.6 Å². The second kappa shape index (κ2) is 6.80. The van der Waals surface area contributed by atoms with Crippen LogP contribution in [0.1, 0.15) is 16.7 Å². The number of hydrogen-bond donors (Lipinski definition) is 3. The number of halogens is 3. The number of carbonyl (C=O) groups is 3. The van der Waals surface area contributed by atoms with Crippen LogP contribution >= 0.6 is 0 Å². The van der Waals surface area contributed by atoms with Gasteiger partial charge in [0.1, 0.15) is 5.84 Å². The number of aliphatic imine (C=N–C) groups is 1. The third-order valence-electron chi connectivity index (χ3n) is 4.08. The molecule has 4 amide bonds. The van der Waals surface area contributed by atoms with E-state index in [0.29, 0.717) is 0 Å². The summed E-state index contributed by atoms with van der Waals surface area (Å²) in [6.07, 6.45) is -4.61. The Kier molecular flexibility index (Phi) is 4.63. The molecule has 1 aliphatic rings. The smallest absolute Gasteiger partial charge is 0.383 e. The van der Waals surface area contributed by atoms with Crippen molar-refractivity contribution in [1.29, 1.82) is 0 Å². The number of nitrogens with zero attached hydrogens (tertiary/aromatic N) is 1. The first-order chi connectivity index (χ1) is 13.1. The molecule has 0 spiro atoms. The minimum atomic E-state index is -4.61. The van der Waals surface area contributed by atoms with Crippen molar-refractivity contribution in [1.82, 2.24) is 10.6 Å². The van der Waals surface area contributed by atoms with Crippen LogP contribution in [0.2, 0.25) is 0 Å². The molecule has 2 aromatic rings. The van der Waals surface area contributed by atoms with Crippen LogP contribution in [-0.4, -0.2) is 23.7 Å². The maximum Gasteiger partial charge on any atom is 0.416 e. The molecule has 1 fully saturated rings. The zero-order valence-corrected chi connectivity index (χ0v) is 14.1. The first-order valence-electron chi connectivity index (χ1n) is 7.90. The van der Waals surface area contributed by atoms with Gasteiger partial charge in [-0.1, -0.05) is 42.5 Å². The molecule has 10 heteroatoms. The van der Waals surface area contributed by atoms with E-state index in [0.717, 1.165) is 18.2 Å². The highest BCUT2D eigenvalue weighted by Gasteiger charge is 2.52. The lowest BCUT2D eigenvalue weighted by Crippen LogP contribution is -2.64. The number of barbiturate groups is 1. The average Bonchev–Trinajstić information content (AvgIpc) is 2.64. The predicted octanol–water partition coefficient (Wildman–Crippen LogP) is 1.67. The molecule has 7 nitrogen and oxygen atoms in total. The van der Waals surface area contributed by atoms with Crippen molar-refractivity contribution in [2.24, 2.45) is 10.7 Å². The van der Waals surface area contributed by atoms with Gasteiger partial charge in [-0.15, -0.1) is 0 Å². The lowest BCUT2D eigenvalue weighted by Gasteiger charge is -2.31. The summed E-state index contributed by atoms with van der Waals surface area (Å²) in [7, 11) is 0. The van der Waals surface area contributed by atoms with Crippen LogP contribution in [0.15, 0.2) is 59.6 Å². The summed E-state index contributed by atoms with van der Waals surface area (Å²) >= 11 is 0. The fourth-order valence-corrected chi connectivity index (χ4v) is 2.73. The summed E-state index contributed by atoms with van der Waals surface area (Å²) in [5.41, 5.74) is 2.57. The van der Waals surface area contributed by atoms with Gasteiger partial charge in [-0.3, -0.25) is 20.2 Å². The summed E-state index contributed by atoms with van der Waals surface area (Å²) in [6.45, 7) is 0. The molecule has 0 saturated carbocycles. The van der Waals surface area contributed by atoms with E-state index in [1.165, 1.54) is 30.3 Å². The molecule has 28 heavy (non-hydrogen) atoms. The first kappa shape index (κ1) is 19.1. The van der Waals surface area contributed by atoms with E-state index >= 15 is 0 Å². The molecular weight excluding hydrogens is 377 g/mol. The van der Waals surface area contributed by atoms with Crippen molar-refractivity contribution in [3.63, 3.8) is 0 Å². The minimum absolute atomic E-state index is 0.0902. The van der Waals surface area contributed by atoms with E-state index in [9.17, 15) is 27.6 Å². The molecule has 1 heterocycles. The summed E-state index contributed by atoms with van der Waals surface area (Å²) in [5, 5.41) is 3.88. The van der Waals surface area contributed by atoms with Crippen molar-refractivity contribution in [3.8, 4) is 0 Å². The molecule has 0 bridgehead atoms. The van der Waals surface area contributed by atoms with Gasteiger partial charge in [-0.05, 0) is 17.7 Å². The fourth-order valence-electron chi connectivity index (χ4n) is 2.73. The van der Waals surface area contributed by atoms with Gasteiger partial charge in [0.2, 0.25) is 5.54 Å². The number of imide groups is 2. The number of amidine groups is 1. The molecule has 4 N–H and O–H groups in total.